The molecule has 1 fully saturated rings. The van der Waals surface area contributed by atoms with Gasteiger partial charge in [-0.1, -0.05) is 6.07 Å². The highest BCUT2D eigenvalue weighted by molar-refractivity contribution is 5.45. The molecule has 2 atom stereocenters. The second-order valence-electron chi connectivity index (χ2n) is 5.39. The first-order valence-corrected chi connectivity index (χ1v) is 7.25. The zero-order valence-corrected chi connectivity index (χ0v) is 12.7. The van der Waals surface area contributed by atoms with Crippen molar-refractivity contribution in [3.63, 3.8) is 0 Å². The number of hydrogen-bond donors (Lipinski definition) is 1. The van der Waals surface area contributed by atoms with Gasteiger partial charge in [-0.2, -0.15) is 5.26 Å². The van der Waals surface area contributed by atoms with Gasteiger partial charge in [0, 0.05) is 32.8 Å². The second kappa shape index (κ2) is 7.41. The van der Waals surface area contributed by atoms with Crippen LogP contribution in [-0.2, 0) is 11.3 Å². The summed E-state index contributed by atoms with van der Waals surface area (Å²) in [5.74, 6) is 0.631. The monoisotopic (exact) mass is 289 g/mol. The highest BCUT2D eigenvalue weighted by atomic mass is 16.5. The maximum atomic E-state index is 9.03. The minimum Gasteiger partial charge on any atom is -0.495 e. The lowest BCUT2D eigenvalue weighted by Gasteiger charge is -2.38. The molecular weight excluding hydrogens is 266 g/mol. The molecule has 1 aliphatic heterocycles. The number of piperidine rings is 1. The molecule has 1 aromatic rings. The summed E-state index contributed by atoms with van der Waals surface area (Å²) >= 11 is 0. The van der Waals surface area contributed by atoms with E-state index < -0.39 is 0 Å². The maximum absolute atomic E-state index is 9.03. The first-order chi connectivity index (χ1) is 10.2. The van der Waals surface area contributed by atoms with E-state index in [2.05, 4.69) is 11.0 Å². The molecule has 0 saturated carbocycles. The van der Waals surface area contributed by atoms with Crippen molar-refractivity contribution in [2.45, 2.75) is 31.5 Å². The number of benzene rings is 1. The molecule has 0 aromatic heterocycles. The van der Waals surface area contributed by atoms with Gasteiger partial charge in [0.1, 0.15) is 11.8 Å². The van der Waals surface area contributed by atoms with E-state index in [0.29, 0.717) is 30.0 Å². The Bertz CT molecular complexity index is 513. The third-order valence-corrected chi connectivity index (χ3v) is 4.17. The summed E-state index contributed by atoms with van der Waals surface area (Å²) in [6, 6.07) is 8.21. The molecular formula is C16H23N3O2. The van der Waals surface area contributed by atoms with Crippen molar-refractivity contribution in [3.8, 4) is 11.8 Å². The number of ether oxygens (including phenoxy) is 2. The van der Waals surface area contributed by atoms with Crippen molar-refractivity contribution >= 4 is 0 Å². The summed E-state index contributed by atoms with van der Waals surface area (Å²) in [7, 11) is 3.35. The summed E-state index contributed by atoms with van der Waals surface area (Å²) in [5.41, 5.74) is 7.60. The van der Waals surface area contributed by atoms with Crippen molar-refractivity contribution in [1.82, 2.24) is 4.90 Å². The van der Waals surface area contributed by atoms with Gasteiger partial charge >= 0.3 is 0 Å². The number of rotatable bonds is 5. The molecule has 1 aliphatic rings. The fraction of sp³-hybridized carbons (Fsp3) is 0.562. The topological polar surface area (TPSA) is 71.5 Å². The fourth-order valence-electron chi connectivity index (χ4n) is 2.89. The Balaban J connectivity index is 2.09. The van der Waals surface area contributed by atoms with E-state index in [9.17, 15) is 0 Å². The van der Waals surface area contributed by atoms with Gasteiger partial charge in [0.25, 0.3) is 0 Å². The van der Waals surface area contributed by atoms with Crippen molar-refractivity contribution < 1.29 is 9.47 Å². The van der Waals surface area contributed by atoms with E-state index in [0.717, 1.165) is 31.5 Å². The van der Waals surface area contributed by atoms with Gasteiger partial charge in [-0.15, -0.1) is 0 Å². The maximum Gasteiger partial charge on any atom is 0.136 e. The Labute approximate surface area is 126 Å². The SMILES string of the molecule is COc1cc(CN2CCC(OC)CC2CN)ccc1C#N. The van der Waals surface area contributed by atoms with E-state index >= 15 is 0 Å². The fourth-order valence-corrected chi connectivity index (χ4v) is 2.89. The van der Waals surface area contributed by atoms with Crippen molar-refractivity contribution in [3.05, 3.63) is 29.3 Å². The number of likely N-dealkylation sites (tertiary alicyclic amines) is 1. The van der Waals surface area contributed by atoms with Crippen molar-refractivity contribution in [2.75, 3.05) is 27.3 Å². The molecule has 1 saturated heterocycles. The lowest BCUT2D eigenvalue weighted by molar-refractivity contribution is 0.0102. The average Bonchev–Trinajstić information content (AvgIpc) is 2.55. The molecule has 0 aliphatic carbocycles. The minimum atomic E-state index is 0.310. The predicted molar refractivity (Wildman–Crippen MR) is 81.0 cm³/mol. The standard InChI is InChI=1S/C16H23N3O2/c1-20-15-5-6-19(14(8-15)10-18)11-12-3-4-13(9-17)16(7-12)21-2/h3-4,7,14-15H,5-6,8,10-11,18H2,1-2H3. The van der Waals surface area contributed by atoms with Crippen LogP contribution in [0.5, 0.6) is 5.75 Å². The highest BCUT2D eigenvalue weighted by Gasteiger charge is 2.27. The van der Waals surface area contributed by atoms with Crippen LogP contribution >= 0.6 is 0 Å². The van der Waals surface area contributed by atoms with E-state index in [1.165, 1.54) is 0 Å². The van der Waals surface area contributed by atoms with Crippen LogP contribution in [0.15, 0.2) is 18.2 Å². The quantitative estimate of drug-likeness (QED) is 0.889. The zero-order chi connectivity index (χ0) is 15.2. The first kappa shape index (κ1) is 15.8. The average molecular weight is 289 g/mol. The molecule has 0 radical (unpaired) electrons. The third-order valence-electron chi connectivity index (χ3n) is 4.17. The largest absolute Gasteiger partial charge is 0.495 e. The van der Waals surface area contributed by atoms with Crippen LogP contribution < -0.4 is 10.5 Å². The number of nitriles is 1. The molecule has 114 valence electrons. The van der Waals surface area contributed by atoms with E-state index in [4.69, 9.17) is 20.5 Å². The first-order valence-electron chi connectivity index (χ1n) is 7.25. The number of nitrogens with zero attached hydrogens (tertiary/aromatic N) is 2. The Morgan fingerprint density at radius 1 is 1.43 bits per heavy atom. The van der Waals surface area contributed by atoms with E-state index in [1.807, 2.05) is 18.2 Å². The normalized spacial score (nSPS) is 22.8. The van der Waals surface area contributed by atoms with Crippen LogP contribution in [0, 0.1) is 11.3 Å². The second-order valence-corrected chi connectivity index (χ2v) is 5.39. The molecule has 2 rings (SSSR count). The Hall–Kier alpha value is -1.61. The lowest BCUT2D eigenvalue weighted by Crippen LogP contribution is -2.47. The molecule has 21 heavy (non-hydrogen) atoms. The van der Waals surface area contributed by atoms with Crippen molar-refractivity contribution in [1.29, 1.82) is 5.26 Å². The summed E-state index contributed by atoms with van der Waals surface area (Å²) < 4.78 is 10.7. The van der Waals surface area contributed by atoms with E-state index in [-0.39, 0.29) is 0 Å². The summed E-state index contributed by atoms with van der Waals surface area (Å²) in [4.78, 5) is 2.39. The van der Waals surface area contributed by atoms with Crippen molar-refractivity contribution in [2.24, 2.45) is 5.73 Å². The number of methoxy groups -OCH3 is 2. The molecule has 0 spiro atoms. The van der Waals surface area contributed by atoms with Gasteiger partial charge in [-0.25, -0.2) is 0 Å². The van der Waals surface area contributed by atoms with Gasteiger partial charge < -0.3 is 15.2 Å². The zero-order valence-electron chi connectivity index (χ0n) is 12.7. The number of hydrogen-bond acceptors (Lipinski definition) is 5. The smallest absolute Gasteiger partial charge is 0.136 e. The molecule has 2 N–H and O–H groups in total. The molecule has 1 aromatic carbocycles. The third kappa shape index (κ3) is 3.73. The Morgan fingerprint density at radius 2 is 2.24 bits per heavy atom. The molecule has 2 unspecified atom stereocenters. The van der Waals surface area contributed by atoms with Crippen LogP contribution in [0.25, 0.3) is 0 Å². The van der Waals surface area contributed by atoms with Crippen LogP contribution in [0.3, 0.4) is 0 Å². The molecule has 1 heterocycles. The van der Waals surface area contributed by atoms with Gasteiger partial charge in [0.05, 0.1) is 18.8 Å². The number of nitrogens with two attached hydrogens (primary N) is 1. The molecule has 5 nitrogen and oxygen atoms in total. The van der Waals surface area contributed by atoms with Crippen LogP contribution in [0.2, 0.25) is 0 Å². The summed E-state index contributed by atoms with van der Waals surface area (Å²) in [5, 5.41) is 9.03. The van der Waals surface area contributed by atoms with E-state index in [1.54, 1.807) is 14.2 Å². The van der Waals surface area contributed by atoms with Gasteiger partial charge in [-0.05, 0) is 30.5 Å². The summed E-state index contributed by atoms with van der Waals surface area (Å²) in [6.07, 6.45) is 2.31. The predicted octanol–water partition coefficient (Wildman–Crippen LogP) is 1.50. The van der Waals surface area contributed by atoms with Crippen LogP contribution in [0.4, 0.5) is 0 Å². The molecule has 0 amide bonds. The Kier molecular flexibility index (Phi) is 5.57. The summed E-state index contributed by atoms with van der Waals surface area (Å²) in [6.45, 7) is 2.43. The highest BCUT2D eigenvalue weighted by Crippen LogP contribution is 2.24. The molecule has 0 bridgehead atoms. The van der Waals surface area contributed by atoms with Crippen LogP contribution in [0.1, 0.15) is 24.0 Å². The van der Waals surface area contributed by atoms with Gasteiger partial charge in [-0.3, -0.25) is 4.90 Å². The Morgan fingerprint density at radius 3 is 2.86 bits per heavy atom. The van der Waals surface area contributed by atoms with Crippen LogP contribution in [-0.4, -0.2) is 44.4 Å². The molecule has 5 heteroatoms. The minimum absolute atomic E-state index is 0.310. The van der Waals surface area contributed by atoms with Gasteiger partial charge in [0.15, 0.2) is 0 Å². The van der Waals surface area contributed by atoms with Gasteiger partial charge in [0.2, 0.25) is 0 Å². The lowest BCUT2D eigenvalue weighted by atomic mass is 9.98.